The van der Waals surface area contributed by atoms with Gasteiger partial charge in [-0.2, -0.15) is 0 Å². The van der Waals surface area contributed by atoms with Crippen molar-refractivity contribution in [3.05, 3.63) is 29.8 Å². The molecule has 1 aliphatic carbocycles. The summed E-state index contributed by atoms with van der Waals surface area (Å²) in [6.07, 6.45) is 8.17. The number of nitrogens with zero attached hydrogens (tertiary/aromatic N) is 3. The van der Waals surface area contributed by atoms with Crippen LogP contribution in [-0.4, -0.2) is 84.9 Å². The van der Waals surface area contributed by atoms with E-state index in [-0.39, 0.29) is 35.7 Å². The first-order valence-corrected chi connectivity index (χ1v) is 14.1. The predicted molar refractivity (Wildman–Crippen MR) is 143 cm³/mol. The first kappa shape index (κ1) is 26.0. The molecular formula is C28H42N6O3. The minimum atomic E-state index is -0.598. The fourth-order valence-corrected chi connectivity index (χ4v) is 6.58. The van der Waals surface area contributed by atoms with Gasteiger partial charge in [0.25, 0.3) is 5.91 Å². The molecule has 1 aromatic rings. The fraction of sp³-hybridized carbons (Fsp3) is 0.679. The molecule has 3 N–H and O–H groups in total. The van der Waals surface area contributed by atoms with E-state index < -0.39 is 12.1 Å². The van der Waals surface area contributed by atoms with Crippen molar-refractivity contribution in [2.24, 2.45) is 5.92 Å². The first-order valence-electron chi connectivity index (χ1n) is 14.1. The van der Waals surface area contributed by atoms with Crippen LogP contribution in [0.3, 0.4) is 0 Å². The summed E-state index contributed by atoms with van der Waals surface area (Å²) in [6.45, 7) is 4.57. The lowest BCUT2D eigenvalue weighted by Gasteiger charge is -2.45. The van der Waals surface area contributed by atoms with Crippen molar-refractivity contribution < 1.29 is 14.4 Å². The quantitative estimate of drug-likeness (QED) is 0.514. The van der Waals surface area contributed by atoms with Gasteiger partial charge in [-0.25, -0.2) is 0 Å². The number of rotatable bonds is 7. The van der Waals surface area contributed by atoms with Crippen LogP contribution in [0.4, 0.5) is 5.69 Å². The number of likely N-dealkylation sites (N-methyl/N-ethyl adjacent to an activating group) is 1. The number of hydrazine groups is 1. The van der Waals surface area contributed by atoms with Crippen LogP contribution in [0.1, 0.15) is 57.4 Å². The Balaban J connectivity index is 1.38. The van der Waals surface area contributed by atoms with Gasteiger partial charge in [0.2, 0.25) is 11.8 Å². The lowest BCUT2D eigenvalue weighted by Crippen LogP contribution is -2.67. The average Bonchev–Trinajstić information content (AvgIpc) is 3.57. The molecule has 1 aromatic carbocycles. The zero-order chi connectivity index (χ0) is 25.9. The van der Waals surface area contributed by atoms with Gasteiger partial charge >= 0.3 is 0 Å². The number of nitrogens with one attached hydrogen (secondary N) is 3. The number of carbonyl (C=O) groups excluding carboxylic acids is 3. The van der Waals surface area contributed by atoms with Crippen LogP contribution >= 0.6 is 0 Å². The molecule has 37 heavy (non-hydrogen) atoms. The van der Waals surface area contributed by atoms with Gasteiger partial charge in [-0.3, -0.25) is 29.7 Å². The second-order valence-electron chi connectivity index (χ2n) is 11.2. The van der Waals surface area contributed by atoms with Crippen molar-refractivity contribution in [2.75, 3.05) is 38.2 Å². The molecule has 0 spiro atoms. The van der Waals surface area contributed by atoms with Gasteiger partial charge in [-0.1, -0.05) is 37.5 Å². The molecular weight excluding hydrogens is 468 g/mol. The Morgan fingerprint density at radius 1 is 0.973 bits per heavy atom. The Kier molecular flexibility index (Phi) is 8.00. The van der Waals surface area contributed by atoms with Gasteiger partial charge in [-0.05, 0) is 70.2 Å². The van der Waals surface area contributed by atoms with Crippen LogP contribution in [0.25, 0.3) is 0 Å². The van der Waals surface area contributed by atoms with E-state index in [0.29, 0.717) is 13.1 Å². The van der Waals surface area contributed by atoms with Crippen molar-refractivity contribution in [1.82, 2.24) is 25.9 Å². The molecule has 9 nitrogen and oxygen atoms in total. The predicted octanol–water partition coefficient (Wildman–Crippen LogP) is 1.43. The Morgan fingerprint density at radius 3 is 2.54 bits per heavy atom. The van der Waals surface area contributed by atoms with Crippen molar-refractivity contribution in [1.29, 1.82) is 0 Å². The molecule has 4 atom stereocenters. The van der Waals surface area contributed by atoms with Gasteiger partial charge in [0.1, 0.15) is 12.1 Å². The van der Waals surface area contributed by atoms with Gasteiger partial charge in [0, 0.05) is 25.7 Å². The second kappa shape index (κ2) is 11.4. The number of fused-ring (bicyclic) bond motifs is 2. The number of anilines is 1. The van der Waals surface area contributed by atoms with E-state index >= 15 is 0 Å². The highest BCUT2D eigenvalue weighted by molar-refractivity contribution is 5.94. The Hall–Kier alpha value is -2.65. The number of amides is 3. The molecule has 1 saturated carbocycles. The molecule has 0 radical (unpaired) electrons. The Morgan fingerprint density at radius 2 is 1.76 bits per heavy atom. The number of piperazine rings is 1. The molecule has 3 heterocycles. The summed E-state index contributed by atoms with van der Waals surface area (Å²) in [7, 11) is 1.75. The van der Waals surface area contributed by atoms with Gasteiger partial charge in [-0.15, -0.1) is 0 Å². The summed E-state index contributed by atoms with van der Waals surface area (Å²) in [5.74, 6) is -0.310. The normalized spacial score (nSPS) is 25.8. The minimum absolute atomic E-state index is 0.0999. The molecule has 5 rings (SSSR count). The maximum atomic E-state index is 14.3. The number of carbonyl (C=O) groups is 3. The van der Waals surface area contributed by atoms with Crippen LogP contribution in [0.15, 0.2) is 24.3 Å². The van der Waals surface area contributed by atoms with Crippen LogP contribution in [-0.2, 0) is 20.8 Å². The summed E-state index contributed by atoms with van der Waals surface area (Å²) in [5.41, 5.74) is 5.38. The number of para-hydroxylation sites is 1. The smallest absolute Gasteiger partial charge is 0.262 e. The summed E-state index contributed by atoms with van der Waals surface area (Å²) in [4.78, 5) is 45.1. The fourth-order valence-electron chi connectivity index (χ4n) is 6.58. The zero-order valence-corrected chi connectivity index (χ0v) is 22.2. The molecule has 202 valence electrons. The molecule has 3 fully saturated rings. The number of hydrogen-bond donors (Lipinski definition) is 3. The maximum Gasteiger partial charge on any atom is 0.262 e. The highest BCUT2D eigenvalue weighted by Gasteiger charge is 2.45. The SMILES string of the molecule is CN[C@@H](C)C(=O)N[C@H](C(=O)N1C[C@H]2CCCN2C[C@H]1C(=O)NN1CCc2ccccc21)C1CCCCC1. The van der Waals surface area contributed by atoms with Crippen molar-refractivity contribution in [2.45, 2.75) is 82.5 Å². The van der Waals surface area contributed by atoms with E-state index in [1.165, 1.54) is 12.0 Å². The third-order valence-electron chi connectivity index (χ3n) is 8.92. The third-order valence-corrected chi connectivity index (χ3v) is 8.92. The summed E-state index contributed by atoms with van der Waals surface area (Å²) < 4.78 is 0. The molecule has 9 heteroatoms. The van der Waals surface area contributed by atoms with Crippen molar-refractivity contribution in [3.63, 3.8) is 0 Å². The number of benzene rings is 1. The van der Waals surface area contributed by atoms with Gasteiger partial charge < -0.3 is 15.5 Å². The monoisotopic (exact) mass is 510 g/mol. The molecule has 0 bridgehead atoms. The molecule has 0 aromatic heterocycles. The molecule has 4 aliphatic rings. The maximum absolute atomic E-state index is 14.3. The Bertz CT molecular complexity index is 996. The minimum Gasteiger partial charge on any atom is -0.343 e. The second-order valence-corrected chi connectivity index (χ2v) is 11.2. The van der Waals surface area contributed by atoms with E-state index in [2.05, 4.69) is 27.0 Å². The van der Waals surface area contributed by atoms with E-state index in [9.17, 15) is 14.4 Å². The Labute approximate surface area is 220 Å². The van der Waals surface area contributed by atoms with Crippen molar-refractivity contribution in [3.8, 4) is 0 Å². The molecule has 3 aliphatic heterocycles. The largest absolute Gasteiger partial charge is 0.343 e. The van der Waals surface area contributed by atoms with E-state index in [0.717, 1.165) is 63.7 Å². The van der Waals surface area contributed by atoms with Crippen LogP contribution < -0.4 is 21.1 Å². The topological polar surface area (TPSA) is 97.0 Å². The summed E-state index contributed by atoms with van der Waals surface area (Å²) in [5, 5.41) is 8.00. The first-order chi connectivity index (χ1) is 18.0. The van der Waals surface area contributed by atoms with Crippen LogP contribution in [0, 0.1) is 5.92 Å². The van der Waals surface area contributed by atoms with E-state index in [4.69, 9.17) is 0 Å². The van der Waals surface area contributed by atoms with Crippen LogP contribution in [0.5, 0.6) is 0 Å². The molecule has 2 saturated heterocycles. The third kappa shape index (κ3) is 5.48. The van der Waals surface area contributed by atoms with E-state index in [1.54, 1.807) is 18.9 Å². The highest BCUT2D eigenvalue weighted by atomic mass is 16.2. The van der Waals surface area contributed by atoms with E-state index in [1.807, 2.05) is 23.2 Å². The van der Waals surface area contributed by atoms with Gasteiger partial charge in [0.15, 0.2) is 0 Å². The molecule has 3 amide bonds. The number of hydrogen-bond acceptors (Lipinski definition) is 6. The van der Waals surface area contributed by atoms with Gasteiger partial charge in [0.05, 0.1) is 11.7 Å². The standard InChI is InChI=1S/C28H42N6O3/c1-19(29-2)26(35)30-25(21-10-4-3-5-11-21)28(37)33-17-22-12-8-15-32(22)18-24(33)27(36)31-34-16-14-20-9-6-7-13-23(20)34/h6-7,9,13,19,21-22,24-25,29H,3-5,8,10-12,14-18H2,1-2H3,(H,30,35)(H,31,36)/t19-,22+,24-,25-/m0/s1. The average molecular weight is 511 g/mol. The highest BCUT2D eigenvalue weighted by Crippen LogP contribution is 2.31. The lowest BCUT2D eigenvalue weighted by atomic mass is 9.82. The van der Waals surface area contributed by atoms with Crippen LogP contribution in [0.2, 0.25) is 0 Å². The zero-order valence-electron chi connectivity index (χ0n) is 22.2. The van der Waals surface area contributed by atoms with Crippen molar-refractivity contribution >= 4 is 23.4 Å². The lowest BCUT2D eigenvalue weighted by molar-refractivity contribution is -0.149. The summed E-state index contributed by atoms with van der Waals surface area (Å²) in [6, 6.07) is 6.83. The summed E-state index contributed by atoms with van der Waals surface area (Å²) >= 11 is 0. The molecule has 0 unspecified atom stereocenters.